The molecule has 0 aliphatic rings. The lowest BCUT2D eigenvalue weighted by molar-refractivity contribution is 0.947. The van der Waals surface area contributed by atoms with Crippen molar-refractivity contribution >= 4 is 0 Å². The van der Waals surface area contributed by atoms with E-state index < -0.39 is 11.4 Å². The quantitative estimate of drug-likeness (QED) is 0.710. The molecule has 0 unspecified atom stereocenters. The van der Waals surface area contributed by atoms with Gasteiger partial charge in [0, 0.05) is 0 Å². The summed E-state index contributed by atoms with van der Waals surface area (Å²) in [6, 6.07) is 5.56. The highest BCUT2D eigenvalue weighted by Crippen LogP contribution is 2.09. The van der Waals surface area contributed by atoms with Gasteiger partial charge in [-0.15, -0.1) is 0 Å². The highest BCUT2D eigenvalue weighted by Gasteiger charge is 2.06. The first-order valence-electron chi connectivity index (χ1n) is 4.56. The summed E-state index contributed by atoms with van der Waals surface area (Å²) < 4.78 is 1.07. The van der Waals surface area contributed by atoms with Crippen LogP contribution in [-0.2, 0) is 0 Å². The van der Waals surface area contributed by atoms with Crippen LogP contribution in [0.3, 0.4) is 0 Å². The molecule has 0 spiro atoms. The molecule has 0 bridgehead atoms. The predicted octanol–water partition coefficient (Wildman–Crippen LogP) is 0.471. The zero-order valence-electron chi connectivity index (χ0n) is 8.50. The Balaban J connectivity index is 2.74. The van der Waals surface area contributed by atoms with E-state index in [0.717, 1.165) is 15.7 Å². The Bertz CT molecular complexity index is 556. The lowest BCUT2D eigenvalue weighted by atomic mass is 10.1. The molecule has 2 N–H and O–H groups in total. The summed E-state index contributed by atoms with van der Waals surface area (Å²) in [5.74, 6) is 0. The van der Waals surface area contributed by atoms with Crippen molar-refractivity contribution in [2.24, 2.45) is 0 Å². The van der Waals surface area contributed by atoms with E-state index in [4.69, 9.17) is 0 Å². The van der Waals surface area contributed by atoms with E-state index in [0.29, 0.717) is 5.69 Å². The van der Waals surface area contributed by atoms with Crippen molar-refractivity contribution in [2.45, 2.75) is 13.8 Å². The number of benzene rings is 1. The summed E-state index contributed by atoms with van der Waals surface area (Å²) in [7, 11) is 0. The first-order chi connectivity index (χ1) is 7.08. The maximum Gasteiger partial charge on any atom is 0.348 e. The van der Waals surface area contributed by atoms with Gasteiger partial charge in [-0.3, -0.25) is 0 Å². The maximum absolute atomic E-state index is 11.3. The first-order valence-corrected chi connectivity index (χ1v) is 4.56. The fourth-order valence-electron chi connectivity index (χ4n) is 1.63. The molecule has 5 heteroatoms. The van der Waals surface area contributed by atoms with Crippen LogP contribution >= 0.6 is 0 Å². The van der Waals surface area contributed by atoms with Gasteiger partial charge >= 0.3 is 11.4 Å². The van der Waals surface area contributed by atoms with Crippen molar-refractivity contribution in [1.29, 1.82) is 0 Å². The Morgan fingerprint density at radius 2 is 1.40 bits per heavy atom. The maximum atomic E-state index is 11.3. The number of aromatic amines is 2. The van der Waals surface area contributed by atoms with E-state index in [1.54, 1.807) is 12.1 Å². The Labute approximate surface area is 85.4 Å². The first kappa shape index (κ1) is 9.51. The lowest BCUT2D eigenvalue weighted by Crippen LogP contribution is -2.24. The monoisotopic (exact) mass is 205 g/mol. The van der Waals surface area contributed by atoms with Gasteiger partial charge in [0.15, 0.2) is 0 Å². The van der Waals surface area contributed by atoms with Crippen molar-refractivity contribution < 1.29 is 0 Å². The summed E-state index contributed by atoms with van der Waals surface area (Å²) in [5, 5.41) is 4.49. The number of H-pyrrole nitrogens is 2. The number of nitrogens with zero attached hydrogens (tertiary/aromatic N) is 1. The Morgan fingerprint density at radius 3 is 1.87 bits per heavy atom. The van der Waals surface area contributed by atoms with Gasteiger partial charge in [0.25, 0.3) is 0 Å². The van der Waals surface area contributed by atoms with Gasteiger partial charge in [-0.05, 0) is 37.1 Å². The summed E-state index contributed by atoms with van der Waals surface area (Å²) in [5.41, 5.74) is 1.70. The predicted molar refractivity (Wildman–Crippen MR) is 56.5 cm³/mol. The second kappa shape index (κ2) is 3.27. The minimum absolute atomic E-state index is 0.454. The second-order valence-electron chi connectivity index (χ2n) is 3.54. The zero-order chi connectivity index (χ0) is 11.0. The van der Waals surface area contributed by atoms with E-state index in [2.05, 4.69) is 10.2 Å². The molecule has 1 aromatic heterocycles. The van der Waals surface area contributed by atoms with Crippen LogP contribution in [-0.4, -0.2) is 14.8 Å². The molecule has 5 nitrogen and oxygen atoms in total. The molecule has 1 aromatic carbocycles. The minimum Gasteiger partial charge on any atom is -0.247 e. The van der Waals surface area contributed by atoms with Crippen molar-refractivity contribution in [2.75, 3.05) is 0 Å². The van der Waals surface area contributed by atoms with Crippen LogP contribution < -0.4 is 11.4 Å². The molecule has 1 heterocycles. The van der Waals surface area contributed by atoms with Crippen LogP contribution in [0.15, 0.2) is 27.8 Å². The summed E-state index contributed by atoms with van der Waals surface area (Å²) in [6.45, 7) is 3.84. The normalized spacial score (nSPS) is 10.5. The van der Waals surface area contributed by atoms with E-state index in [-0.39, 0.29) is 0 Å². The van der Waals surface area contributed by atoms with Gasteiger partial charge in [0.2, 0.25) is 0 Å². The molecule has 0 atom stereocenters. The number of hydrogen-bond donors (Lipinski definition) is 2. The summed E-state index contributed by atoms with van der Waals surface area (Å²) >= 11 is 0. The van der Waals surface area contributed by atoms with Crippen LogP contribution in [0.25, 0.3) is 5.69 Å². The van der Waals surface area contributed by atoms with Crippen molar-refractivity contribution in [3.05, 3.63) is 50.3 Å². The van der Waals surface area contributed by atoms with Crippen molar-refractivity contribution in [3.63, 3.8) is 0 Å². The number of aromatic nitrogens is 3. The molecule has 2 aromatic rings. The molecule has 0 radical (unpaired) electrons. The minimum atomic E-state index is -0.454. The largest absolute Gasteiger partial charge is 0.348 e. The lowest BCUT2D eigenvalue weighted by Gasteiger charge is -2.02. The molecule has 0 fully saturated rings. The molecule has 0 saturated heterocycles. The number of hydrogen-bond acceptors (Lipinski definition) is 2. The molecule has 2 rings (SSSR count). The average molecular weight is 205 g/mol. The van der Waals surface area contributed by atoms with Crippen LogP contribution in [0.4, 0.5) is 0 Å². The fourth-order valence-corrected chi connectivity index (χ4v) is 1.63. The molecular formula is C10H11N3O2. The average Bonchev–Trinajstić information content (AvgIpc) is 2.44. The smallest absolute Gasteiger partial charge is 0.247 e. The topological polar surface area (TPSA) is 70.7 Å². The van der Waals surface area contributed by atoms with Crippen LogP contribution in [0.1, 0.15) is 11.1 Å². The van der Waals surface area contributed by atoms with Gasteiger partial charge in [-0.1, -0.05) is 6.07 Å². The van der Waals surface area contributed by atoms with Gasteiger partial charge < -0.3 is 0 Å². The van der Waals surface area contributed by atoms with Gasteiger partial charge in [-0.25, -0.2) is 24.4 Å². The number of nitrogens with one attached hydrogen (secondary N) is 2. The SMILES string of the molecule is Cc1cc(C)cc(-n2c(=O)[nH][nH]c2=O)c1. The van der Waals surface area contributed by atoms with Gasteiger partial charge in [-0.2, -0.15) is 0 Å². The van der Waals surface area contributed by atoms with Gasteiger partial charge in [0.1, 0.15) is 0 Å². The third-order valence-corrected chi connectivity index (χ3v) is 2.15. The third-order valence-electron chi connectivity index (χ3n) is 2.15. The Kier molecular flexibility index (Phi) is 2.07. The third kappa shape index (κ3) is 1.63. The Hall–Kier alpha value is -2.04. The van der Waals surface area contributed by atoms with E-state index >= 15 is 0 Å². The molecule has 0 saturated carbocycles. The molecule has 15 heavy (non-hydrogen) atoms. The molecule has 78 valence electrons. The molecular weight excluding hydrogens is 194 g/mol. The van der Waals surface area contributed by atoms with E-state index in [1.165, 1.54) is 0 Å². The molecule has 0 aliphatic heterocycles. The van der Waals surface area contributed by atoms with Gasteiger partial charge in [0.05, 0.1) is 5.69 Å². The Morgan fingerprint density at radius 1 is 0.933 bits per heavy atom. The van der Waals surface area contributed by atoms with Crippen LogP contribution in [0.5, 0.6) is 0 Å². The molecule has 0 amide bonds. The molecule has 0 aliphatic carbocycles. The van der Waals surface area contributed by atoms with Crippen molar-refractivity contribution in [1.82, 2.24) is 14.8 Å². The number of aryl methyl sites for hydroxylation is 2. The van der Waals surface area contributed by atoms with Crippen LogP contribution in [0, 0.1) is 13.8 Å². The van der Waals surface area contributed by atoms with Crippen LogP contribution in [0.2, 0.25) is 0 Å². The highest BCUT2D eigenvalue weighted by molar-refractivity contribution is 5.38. The van der Waals surface area contributed by atoms with Crippen molar-refractivity contribution in [3.8, 4) is 5.69 Å². The number of rotatable bonds is 1. The standard InChI is InChI=1S/C10H11N3O2/c1-6-3-7(2)5-8(4-6)13-9(14)11-12-10(13)15/h3-5H,1-2H3,(H,11,14)(H,12,15). The zero-order valence-corrected chi connectivity index (χ0v) is 8.50. The highest BCUT2D eigenvalue weighted by atomic mass is 16.2. The van der Waals surface area contributed by atoms with E-state index in [9.17, 15) is 9.59 Å². The summed E-state index contributed by atoms with van der Waals surface area (Å²) in [6.07, 6.45) is 0. The van der Waals surface area contributed by atoms with E-state index in [1.807, 2.05) is 19.9 Å². The summed E-state index contributed by atoms with van der Waals surface area (Å²) in [4.78, 5) is 22.7. The second-order valence-corrected chi connectivity index (χ2v) is 3.54. The fraction of sp³-hybridized carbons (Fsp3) is 0.200.